The van der Waals surface area contributed by atoms with Gasteiger partial charge in [0, 0.05) is 18.8 Å². The first-order valence-electron chi connectivity index (χ1n) is 6.32. The topological polar surface area (TPSA) is 85.1 Å². The van der Waals surface area contributed by atoms with E-state index < -0.39 is 30.1 Å². The molecule has 1 aromatic rings. The predicted molar refractivity (Wildman–Crippen MR) is 68.3 cm³/mol. The Balaban J connectivity index is 1.99. The molecule has 0 aliphatic heterocycles. The molecule has 1 saturated carbocycles. The van der Waals surface area contributed by atoms with E-state index in [1.807, 2.05) is 0 Å². The quantitative estimate of drug-likeness (QED) is 0.889. The van der Waals surface area contributed by atoms with Gasteiger partial charge in [-0.3, -0.25) is 9.59 Å². The first-order valence-corrected chi connectivity index (χ1v) is 6.32. The lowest BCUT2D eigenvalue weighted by molar-refractivity contribution is -0.127. The van der Waals surface area contributed by atoms with Gasteiger partial charge in [0.25, 0.3) is 5.91 Å². The smallest absolute Gasteiger partial charge is 0.267 e. The maximum absolute atomic E-state index is 13.3. The summed E-state index contributed by atoms with van der Waals surface area (Å²) >= 11 is 0. The summed E-state index contributed by atoms with van der Waals surface area (Å²) in [6.45, 7) is 0. The Morgan fingerprint density at radius 1 is 1.40 bits per heavy atom. The summed E-state index contributed by atoms with van der Waals surface area (Å²) in [4.78, 5) is 26.5. The number of nitrogens with one attached hydrogen (secondary N) is 1. The minimum atomic E-state index is -2.77. The average Bonchev–Trinajstić information content (AvgIpc) is 2.38. The fraction of sp³-hybridized carbons (Fsp3) is 0.462. The second-order valence-electron chi connectivity index (χ2n) is 4.93. The van der Waals surface area contributed by atoms with Crippen molar-refractivity contribution in [2.75, 3.05) is 5.32 Å². The lowest BCUT2D eigenvalue weighted by Crippen LogP contribution is -2.33. The van der Waals surface area contributed by atoms with Crippen LogP contribution >= 0.6 is 0 Å². The average molecular weight is 283 g/mol. The van der Waals surface area contributed by atoms with E-state index in [-0.39, 0.29) is 12.1 Å². The van der Waals surface area contributed by atoms with Gasteiger partial charge in [0.2, 0.25) is 11.8 Å². The monoisotopic (exact) mass is 283 g/mol. The normalized spacial score (nSPS) is 21.2. The summed E-state index contributed by atoms with van der Waals surface area (Å²) in [5, 5.41) is 2.53. The van der Waals surface area contributed by atoms with Crippen molar-refractivity contribution in [3.63, 3.8) is 0 Å². The van der Waals surface area contributed by atoms with Gasteiger partial charge in [0.15, 0.2) is 0 Å². The van der Waals surface area contributed by atoms with Crippen molar-refractivity contribution in [3.8, 4) is 0 Å². The number of hydrogen-bond acceptors (Lipinski definition) is 3. The molecule has 1 atom stereocenters. The number of pyridine rings is 1. The predicted octanol–water partition coefficient (Wildman–Crippen LogP) is 1.94. The largest absolute Gasteiger partial charge is 0.364 e. The number of nitrogens with zero attached hydrogens (tertiary/aromatic N) is 1. The molecule has 1 aliphatic rings. The third kappa shape index (κ3) is 3.49. The molecule has 2 amide bonds. The molecule has 3 N–H and O–H groups in total. The molecule has 7 heteroatoms. The first-order chi connectivity index (χ1) is 9.37. The summed E-state index contributed by atoms with van der Waals surface area (Å²) in [6.07, 6.45) is 1.48. The number of rotatable bonds is 3. The highest BCUT2D eigenvalue weighted by molar-refractivity contribution is 5.94. The summed E-state index contributed by atoms with van der Waals surface area (Å²) in [5.41, 5.74) is 5.47. The molecule has 0 bridgehead atoms. The van der Waals surface area contributed by atoms with Crippen molar-refractivity contribution in [3.05, 3.63) is 24.0 Å². The van der Waals surface area contributed by atoms with Gasteiger partial charge in [-0.1, -0.05) is 0 Å². The Labute approximate surface area is 114 Å². The van der Waals surface area contributed by atoms with Crippen LogP contribution in [0, 0.1) is 5.92 Å². The van der Waals surface area contributed by atoms with Crippen molar-refractivity contribution in [1.29, 1.82) is 0 Å². The van der Waals surface area contributed by atoms with Gasteiger partial charge in [0.1, 0.15) is 5.69 Å². The second-order valence-corrected chi connectivity index (χ2v) is 4.93. The number of primary amides is 1. The Bertz CT molecular complexity index is 517. The highest BCUT2D eigenvalue weighted by atomic mass is 19.3. The van der Waals surface area contributed by atoms with Gasteiger partial charge in [-0.15, -0.1) is 0 Å². The number of hydrogen-bond donors (Lipinski definition) is 2. The molecule has 1 heterocycles. The van der Waals surface area contributed by atoms with Crippen LogP contribution in [0.15, 0.2) is 18.3 Å². The Kier molecular flexibility index (Phi) is 3.96. The summed E-state index contributed by atoms with van der Waals surface area (Å²) in [5.74, 6) is -4.59. The summed E-state index contributed by atoms with van der Waals surface area (Å²) in [7, 11) is 0. The molecular formula is C13H15F2N3O2. The third-order valence-corrected chi connectivity index (χ3v) is 3.29. The van der Waals surface area contributed by atoms with Gasteiger partial charge in [-0.25, -0.2) is 13.8 Å². The van der Waals surface area contributed by atoms with Crippen LogP contribution < -0.4 is 11.1 Å². The van der Waals surface area contributed by atoms with Crippen LogP contribution in [0.4, 0.5) is 14.5 Å². The van der Waals surface area contributed by atoms with Gasteiger partial charge in [0.05, 0.1) is 11.9 Å². The molecule has 20 heavy (non-hydrogen) atoms. The van der Waals surface area contributed by atoms with Gasteiger partial charge in [-0.05, 0) is 25.0 Å². The van der Waals surface area contributed by atoms with Crippen LogP contribution in [0.25, 0.3) is 0 Å². The van der Waals surface area contributed by atoms with Gasteiger partial charge < -0.3 is 11.1 Å². The zero-order chi connectivity index (χ0) is 14.8. The molecule has 0 saturated heterocycles. The summed E-state index contributed by atoms with van der Waals surface area (Å²) in [6, 6.07) is 2.83. The fourth-order valence-electron chi connectivity index (χ4n) is 2.25. The molecule has 108 valence electrons. The van der Waals surface area contributed by atoms with Crippen LogP contribution in [0.5, 0.6) is 0 Å². The molecule has 2 rings (SSSR count). The number of anilines is 1. The Hall–Kier alpha value is -2.05. The number of nitrogens with two attached hydrogens (primary N) is 1. The summed E-state index contributed by atoms with van der Waals surface area (Å²) < 4.78 is 26.5. The SMILES string of the molecule is NC(=O)c1ccc(NC(=O)[C@H]2CCCC(F)(F)C2)cn1. The van der Waals surface area contributed by atoms with Crippen molar-refractivity contribution >= 4 is 17.5 Å². The van der Waals surface area contributed by atoms with Crippen LogP contribution in [0.1, 0.15) is 36.2 Å². The third-order valence-electron chi connectivity index (χ3n) is 3.29. The minimum absolute atomic E-state index is 0.0761. The van der Waals surface area contributed by atoms with Crippen LogP contribution in [0.2, 0.25) is 0 Å². The zero-order valence-electron chi connectivity index (χ0n) is 10.7. The number of alkyl halides is 2. The van der Waals surface area contributed by atoms with Crippen molar-refractivity contribution in [1.82, 2.24) is 4.98 Å². The van der Waals surface area contributed by atoms with E-state index >= 15 is 0 Å². The standard InChI is InChI=1S/C13H15F2N3O2/c14-13(15)5-1-2-8(6-13)12(20)18-9-3-4-10(11(16)19)17-7-9/h3-4,7-8H,1-2,5-6H2,(H2,16,19)(H,18,20)/t8-/m0/s1. The van der Waals surface area contributed by atoms with E-state index in [1.165, 1.54) is 18.3 Å². The molecule has 1 aromatic heterocycles. The number of carbonyl (C=O) groups is 2. The van der Waals surface area contributed by atoms with E-state index in [9.17, 15) is 18.4 Å². The zero-order valence-corrected chi connectivity index (χ0v) is 10.7. The maximum Gasteiger partial charge on any atom is 0.267 e. The van der Waals surface area contributed by atoms with E-state index in [4.69, 9.17) is 5.73 Å². The van der Waals surface area contributed by atoms with Crippen molar-refractivity contribution < 1.29 is 18.4 Å². The van der Waals surface area contributed by atoms with Gasteiger partial charge in [-0.2, -0.15) is 0 Å². The molecule has 0 unspecified atom stereocenters. The lowest BCUT2D eigenvalue weighted by atomic mass is 9.86. The second kappa shape index (κ2) is 5.52. The van der Waals surface area contributed by atoms with Gasteiger partial charge >= 0.3 is 0 Å². The maximum atomic E-state index is 13.3. The molecule has 1 fully saturated rings. The number of carbonyl (C=O) groups excluding carboxylic acids is 2. The number of halogens is 2. The van der Waals surface area contributed by atoms with E-state index in [0.717, 1.165) is 0 Å². The molecule has 0 radical (unpaired) electrons. The highest BCUT2D eigenvalue weighted by Gasteiger charge is 2.39. The van der Waals surface area contributed by atoms with Crippen molar-refractivity contribution in [2.24, 2.45) is 11.7 Å². The molecule has 0 spiro atoms. The Morgan fingerprint density at radius 3 is 2.70 bits per heavy atom. The van der Waals surface area contributed by atoms with Crippen molar-refractivity contribution in [2.45, 2.75) is 31.6 Å². The Morgan fingerprint density at radius 2 is 2.15 bits per heavy atom. The van der Waals surface area contributed by atoms with E-state index in [2.05, 4.69) is 10.3 Å². The number of amides is 2. The van der Waals surface area contributed by atoms with Crippen LogP contribution in [-0.2, 0) is 4.79 Å². The van der Waals surface area contributed by atoms with E-state index in [1.54, 1.807) is 0 Å². The van der Waals surface area contributed by atoms with Crippen LogP contribution in [-0.4, -0.2) is 22.7 Å². The van der Waals surface area contributed by atoms with Crippen LogP contribution in [0.3, 0.4) is 0 Å². The molecule has 1 aliphatic carbocycles. The first kappa shape index (κ1) is 14.4. The van der Waals surface area contributed by atoms with E-state index in [0.29, 0.717) is 18.5 Å². The minimum Gasteiger partial charge on any atom is -0.364 e. The lowest BCUT2D eigenvalue weighted by Gasteiger charge is -2.27. The highest BCUT2D eigenvalue weighted by Crippen LogP contribution is 2.37. The molecular weight excluding hydrogens is 268 g/mol. The fourth-order valence-corrected chi connectivity index (χ4v) is 2.25. The number of aromatic nitrogens is 1. The molecule has 5 nitrogen and oxygen atoms in total. The molecule has 0 aromatic carbocycles.